The van der Waals surface area contributed by atoms with Crippen molar-refractivity contribution < 1.29 is 14.6 Å². The molecular weight excluding hydrogens is 156 g/mol. The summed E-state index contributed by atoms with van der Waals surface area (Å²) in [5, 5.41) is 8.65. The van der Waals surface area contributed by atoms with Crippen molar-refractivity contribution in [1.82, 2.24) is 0 Å². The zero-order chi connectivity index (χ0) is 7.61. The van der Waals surface area contributed by atoms with Gasteiger partial charge in [0.15, 0.2) is 5.79 Å². The van der Waals surface area contributed by atoms with Crippen LogP contribution < -0.4 is 0 Å². The van der Waals surface area contributed by atoms with Gasteiger partial charge in [0.25, 0.3) is 0 Å². The molecule has 0 aliphatic carbocycles. The van der Waals surface area contributed by atoms with Crippen molar-refractivity contribution in [2.45, 2.75) is 18.8 Å². The molecule has 0 bridgehead atoms. The minimum Gasteiger partial charge on any atom is -0.394 e. The molecular formula is C6H11ClO3. The highest BCUT2D eigenvalue weighted by Gasteiger charge is 2.35. The smallest absolute Gasteiger partial charge is 0.179 e. The number of halogens is 1. The number of aliphatic hydroxyl groups excluding tert-OH is 1. The van der Waals surface area contributed by atoms with Gasteiger partial charge >= 0.3 is 0 Å². The first-order valence-corrected chi connectivity index (χ1v) is 3.72. The van der Waals surface area contributed by atoms with Crippen LogP contribution in [0.15, 0.2) is 0 Å². The average Bonchev–Trinajstić information content (AvgIpc) is 2.33. The van der Waals surface area contributed by atoms with Crippen molar-refractivity contribution in [3.05, 3.63) is 0 Å². The Morgan fingerprint density at radius 2 is 2.50 bits per heavy atom. The lowest BCUT2D eigenvalue weighted by Crippen LogP contribution is -2.29. The zero-order valence-electron chi connectivity index (χ0n) is 5.84. The van der Waals surface area contributed by atoms with Crippen LogP contribution in [-0.4, -0.2) is 36.1 Å². The third-order valence-corrected chi connectivity index (χ3v) is 1.92. The van der Waals surface area contributed by atoms with Crippen LogP contribution in [0.1, 0.15) is 6.92 Å². The van der Waals surface area contributed by atoms with Crippen LogP contribution in [0, 0.1) is 0 Å². The molecule has 1 N–H and O–H groups in total. The van der Waals surface area contributed by atoms with Gasteiger partial charge in [-0.3, -0.25) is 0 Å². The van der Waals surface area contributed by atoms with Gasteiger partial charge in [-0.15, -0.1) is 11.6 Å². The van der Waals surface area contributed by atoms with Crippen LogP contribution in [-0.2, 0) is 9.47 Å². The molecule has 60 valence electrons. The molecule has 0 aromatic rings. The Morgan fingerprint density at radius 3 is 2.80 bits per heavy atom. The normalized spacial score (nSPS) is 40.5. The van der Waals surface area contributed by atoms with Gasteiger partial charge in [-0.05, 0) is 6.92 Å². The molecule has 0 saturated carbocycles. The van der Waals surface area contributed by atoms with Crippen molar-refractivity contribution in [2.24, 2.45) is 0 Å². The quantitative estimate of drug-likeness (QED) is 0.602. The maximum atomic E-state index is 8.65. The van der Waals surface area contributed by atoms with Crippen molar-refractivity contribution >= 4 is 11.6 Å². The molecule has 3 nitrogen and oxygen atoms in total. The van der Waals surface area contributed by atoms with Crippen molar-refractivity contribution in [2.75, 3.05) is 19.1 Å². The summed E-state index contributed by atoms with van der Waals surface area (Å²) in [6.45, 7) is 2.18. The van der Waals surface area contributed by atoms with Gasteiger partial charge in [0, 0.05) is 0 Å². The van der Waals surface area contributed by atoms with Gasteiger partial charge in [-0.2, -0.15) is 0 Å². The first-order chi connectivity index (χ1) is 4.70. The van der Waals surface area contributed by atoms with Crippen LogP contribution in [0.5, 0.6) is 0 Å². The van der Waals surface area contributed by atoms with Gasteiger partial charge in [0.05, 0.1) is 19.1 Å². The van der Waals surface area contributed by atoms with E-state index < -0.39 is 5.79 Å². The molecule has 1 unspecified atom stereocenters. The largest absolute Gasteiger partial charge is 0.394 e. The number of alkyl halides is 1. The first kappa shape index (κ1) is 8.27. The lowest BCUT2D eigenvalue weighted by Gasteiger charge is -2.19. The summed E-state index contributed by atoms with van der Waals surface area (Å²) < 4.78 is 10.4. The SMILES string of the molecule is CC1(CCl)OC[C@H](CO)O1. The van der Waals surface area contributed by atoms with Crippen LogP contribution in [0.25, 0.3) is 0 Å². The van der Waals surface area contributed by atoms with Crippen LogP contribution >= 0.6 is 11.6 Å². The molecule has 0 amide bonds. The van der Waals surface area contributed by atoms with Crippen LogP contribution in [0.3, 0.4) is 0 Å². The average molecular weight is 167 g/mol. The van der Waals surface area contributed by atoms with Gasteiger partial charge in [-0.25, -0.2) is 0 Å². The molecule has 0 aromatic carbocycles. The van der Waals surface area contributed by atoms with Crippen molar-refractivity contribution in [3.63, 3.8) is 0 Å². The van der Waals surface area contributed by atoms with E-state index in [1.165, 1.54) is 0 Å². The zero-order valence-corrected chi connectivity index (χ0v) is 6.60. The molecule has 0 radical (unpaired) electrons. The monoisotopic (exact) mass is 166 g/mol. The van der Waals surface area contributed by atoms with E-state index in [2.05, 4.69) is 0 Å². The molecule has 4 heteroatoms. The minimum atomic E-state index is -0.686. The Kier molecular flexibility index (Phi) is 2.52. The summed E-state index contributed by atoms with van der Waals surface area (Å²) in [5.74, 6) is -0.390. The Morgan fingerprint density at radius 1 is 1.80 bits per heavy atom. The number of ether oxygens (including phenoxy) is 2. The number of aliphatic hydroxyl groups is 1. The van der Waals surface area contributed by atoms with Crippen molar-refractivity contribution in [1.29, 1.82) is 0 Å². The Hall–Kier alpha value is 0.170. The maximum absolute atomic E-state index is 8.65. The molecule has 1 fully saturated rings. The fraction of sp³-hybridized carbons (Fsp3) is 1.00. The molecule has 1 rings (SSSR count). The topological polar surface area (TPSA) is 38.7 Å². The third kappa shape index (κ3) is 1.61. The highest BCUT2D eigenvalue weighted by molar-refractivity contribution is 6.18. The molecule has 1 saturated heterocycles. The fourth-order valence-electron chi connectivity index (χ4n) is 0.850. The first-order valence-electron chi connectivity index (χ1n) is 3.19. The highest BCUT2D eigenvalue weighted by atomic mass is 35.5. The Balaban J connectivity index is 2.41. The lowest BCUT2D eigenvalue weighted by molar-refractivity contribution is -0.139. The lowest BCUT2D eigenvalue weighted by atomic mass is 10.4. The summed E-state index contributed by atoms with van der Waals surface area (Å²) >= 11 is 5.54. The Labute approximate surface area is 64.9 Å². The third-order valence-electron chi connectivity index (χ3n) is 1.44. The van der Waals surface area contributed by atoms with E-state index in [1.54, 1.807) is 6.92 Å². The second kappa shape index (κ2) is 3.05. The summed E-state index contributed by atoms with van der Waals surface area (Å²) in [6, 6.07) is 0. The summed E-state index contributed by atoms with van der Waals surface area (Å²) in [7, 11) is 0. The number of rotatable bonds is 2. The highest BCUT2D eigenvalue weighted by Crippen LogP contribution is 2.23. The predicted octanol–water partition coefficient (Wildman–Crippen LogP) is 0.349. The van der Waals surface area contributed by atoms with E-state index in [0.717, 1.165) is 0 Å². The van der Waals surface area contributed by atoms with E-state index in [0.29, 0.717) is 12.5 Å². The summed E-state index contributed by atoms with van der Waals surface area (Å²) in [4.78, 5) is 0. The molecule has 10 heavy (non-hydrogen) atoms. The second-order valence-corrected chi connectivity index (χ2v) is 2.77. The number of hydrogen-bond donors (Lipinski definition) is 1. The molecule has 0 aromatic heterocycles. The van der Waals surface area contributed by atoms with E-state index in [-0.39, 0.29) is 12.7 Å². The molecule has 1 aliphatic heterocycles. The van der Waals surface area contributed by atoms with Gasteiger partial charge in [0.1, 0.15) is 6.10 Å². The predicted molar refractivity (Wildman–Crippen MR) is 37.0 cm³/mol. The van der Waals surface area contributed by atoms with E-state index >= 15 is 0 Å². The van der Waals surface area contributed by atoms with Gasteiger partial charge in [-0.1, -0.05) is 0 Å². The maximum Gasteiger partial charge on any atom is 0.179 e. The van der Waals surface area contributed by atoms with Crippen molar-refractivity contribution in [3.8, 4) is 0 Å². The Bertz CT molecular complexity index is 120. The van der Waals surface area contributed by atoms with E-state index in [4.69, 9.17) is 26.2 Å². The molecule has 2 atom stereocenters. The molecule has 1 aliphatic rings. The standard InChI is InChI=1S/C6H11ClO3/c1-6(4-7)9-3-5(2-8)10-6/h5,8H,2-4H2,1H3/t5-,6?/m0/s1. The summed E-state index contributed by atoms with van der Waals surface area (Å²) in [6.07, 6.45) is -0.205. The summed E-state index contributed by atoms with van der Waals surface area (Å²) in [5.41, 5.74) is 0. The van der Waals surface area contributed by atoms with Gasteiger partial charge < -0.3 is 14.6 Å². The van der Waals surface area contributed by atoms with Crippen LogP contribution in [0.2, 0.25) is 0 Å². The minimum absolute atomic E-state index is 0.00746. The number of hydrogen-bond acceptors (Lipinski definition) is 3. The van der Waals surface area contributed by atoms with Crippen LogP contribution in [0.4, 0.5) is 0 Å². The molecule has 0 spiro atoms. The van der Waals surface area contributed by atoms with E-state index in [9.17, 15) is 0 Å². The fourth-order valence-corrected chi connectivity index (χ4v) is 0.990. The van der Waals surface area contributed by atoms with E-state index in [1.807, 2.05) is 0 Å². The molecule has 1 heterocycles. The van der Waals surface area contributed by atoms with Gasteiger partial charge in [0.2, 0.25) is 0 Å². The second-order valence-electron chi connectivity index (χ2n) is 2.50.